The summed E-state index contributed by atoms with van der Waals surface area (Å²) in [6, 6.07) is 14.5. The fourth-order valence-electron chi connectivity index (χ4n) is 5.84. The molecule has 37 heavy (non-hydrogen) atoms. The van der Waals surface area contributed by atoms with Crippen molar-refractivity contribution in [3.63, 3.8) is 0 Å². The Labute approximate surface area is 219 Å². The van der Waals surface area contributed by atoms with E-state index in [2.05, 4.69) is 43.1 Å². The maximum atomic E-state index is 14.4. The lowest BCUT2D eigenvalue weighted by Crippen LogP contribution is -2.25. The van der Waals surface area contributed by atoms with E-state index >= 15 is 0 Å². The van der Waals surface area contributed by atoms with Crippen molar-refractivity contribution < 1.29 is 8.78 Å². The summed E-state index contributed by atoms with van der Waals surface area (Å²) >= 11 is 0. The van der Waals surface area contributed by atoms with Gasteiger partial charge in [-0.3, -0.25) is 19.2 Å². The fourth-order valence-corrected chi connectivity index (χ4v) is 5.84. The average molecular weight is 499 g/mol. The molecule has 2 nitrogen and oxygen atoms in total. The molecule has 1 fully saturated rings. The minimum absolute atomic E-state index is 0.300. The Balaban J connectivity index is 1.48. The Hall–Kier alpha value is -3.14. The molecule has 0 saturated heterocycles. The molecule has 2 aliphatic rings. The first-order chi connectivity index (χ1) is 17.8. The normalized spacial score (nSPS) is 18.2. The summed E-state index contributed by atoms with van der Waals surface area (Å²) in [6.07, 6.45) is 10.3. The zero-order valence-electron chi connectivity index (χ0n) is 22.1. The van der Waals surface area contributed by atoms with Gasteiger partial charge in [0.15, 0.2) is 0 Å². The van der Waals surface area contributed by atoms with Crippen molar-refractivity contribution in [2.75, 3.05) is 13.3 Å². The molecular formula is C33H36F2N2. The molecule has 4 heteroatoms. The molecular weight excluding hydrogens is 462 g/mol. The SMILES string of the molecule is Cc1ccc(C(=N)C2=C(/C=C/C(Cc3cc(C)c4ncc(C)cc4c3)C3CC3)C(CF)(CF)CC2)cc1. The van der Waals surface area contributed by atoms with E-state index in [1.165, 1.54) is 24.0 Å². The molecule has 5 rings (SSSR count). The molecule has 2 aliphatic carbocycles. The van der Waals surface area contributed by atoms with Gasteiger partial charge in [0, 0.05) is 11.6 Å². The zero-order valence-corrected chi connectivity index (χ0v) is 22.1. The average Bonchev–Trinajstić information content (AvgIpc) is 3.67. The predicted octanol–water partition coefficient (Wildman–Crippen LogP) is 8.37. The topological polar surface area (TPSA) is 36.7 Å². The number of hydrogen-bond donors (Lipinski definition) is 1. The van der Waals surface area contributed by atoms with Gasteiger partial charge >= 0.3 is 0 Å². The highest BCUT2D eigenvalue weighted by atomic mass is 19.1. The predicted molar refractivity (Wildman–Crippen MR) is 149 cm³/mol. The molecule has 192 valence electrons. The van der Waals surface area contributed by atoms with Crippen LogP contribution in [0, 0.1) is 43.4 Å². The molecule has 2 aromatic carbocycles. The summed E-state index contributed by atoms with van der Waals surface area (Å²) < 4.78 is 28.8. The van der Waals surface area contributed by atoms with Crippen molar-refractivity contribution in [2.45, 2.75) is 52.9 Å². The molecule has 0 spiro atoms. The van der Waals surface area contributed by atoms with E-state index in [0.717, 1.165) is 39.6 Å². The van der Waals surface area contributed by atoms with Crippen LogP contribution in [0.3, 0.4) is 0 Å². The largest absolute Gasteiger partial charge is 0.300 e. The summed E-state index contributed by atoms with van der Waals surface area (Å²) in [5, 5.41) is 10.1. The van der Waals surface area contributed by atoms with Crippen molar-refractivity contribution >= 4 is 16.6 Å². The number of halogens is 2. The van der Waals surface area contributed by atoms with Gasteiger partial charge in [-0.15, -0.1) is 0 Å². The number of allylic oxidation sites excluding steroid dienone is 4. The highest BCUT2D eigenvalue weighted by Crippen LogP contribution is 2.47. The molecule has 1 heterocycles. The molecule has 3 aromatic rings. The van der Waals surface area contributed by atoms with E-state index in [-0.39, 0.29) is 0 Å². The summed E-state index contributed by atoms with van der Waals surface area (Å²) in [7, 11) is 0. The molecule has 1 unspecified atom stereocenters. The molecule has 1 N–H and O–H groups in total. The number of fused-ring (bicyclic) bond motifs is 1. The van der Waals surface area contributed by atoms with Crippen LogP contribution in [0.15, 0.2) is 72.0 Å². The Bertz CT molecular complexity index is 1380. The smallest absolute Gasteiger partial charge is 0.102 e. The number of pyridine rings is 1. The number of alkyl halides is 2. The van der Waals surface area contributed by atoms with Crippen molar-refractivity contribution in [2.24, 2.45) is 17.3 Å². The van der Waals surface area contributed by atoms with E-state index < -0.39 is 18.8 Å². The van der Waals surface area contributed by atoms with Crippen LogP contribution >= 0.6 is 0 Å². The summed E-state index contributed by atoms with van der Waals surface area (Å²) in [4.78, 5) is 4.61. The van der Waals surface area contributed by atoms with Crippen LogP contribution in [0.2, 0.25) is 0 Å². The van der Waals surface area contributed by atoms with Crippen molar-refractivity contribution in [1.82, 2.24) is 4.98 Å². The lowest BCUT2D eigenvalue weighted by Gasteiger charge is -2.25. The number of nitrogens with zero attached hydrogens (tertiary/aromatic N) is 1. The number of hydrogen-bond acceptors (Lipinski definition) is 2. The van der Waals surface area contributed by atoms with Gasteiger partial charge in [-0.2, -0.15) is 0 Å². The second-order valence-corrected chi connectivity index (χ2v) is 11.2. The monoisotopic (exact) mass is 498 g/mol. The second-order valence-electron chi connectivity index (χ2n) is 11.2. The molecule has 0 radical (unpaired) electrons. The molecule has 1 atom stereocenters. The lowest BCUT2D eigenvalue weighted by molar-refractivity contribution is 0.197. The number of nitrogens with one attached hydrogen (secondary N) is 1. The van der Waals surface area contributed by atoms with E-state index in [1.54, 1.807) is 0 Å². The van der Waals surface area contributed by atoms with Crippen LogP contribution in [-0.4, -0.2) is 24.0 Å². The number of benzene rings is 2. The first-order valence-electron chi connectivity index (χ1n) is 13.4. The Morgan fingerprint density at radius 2 is 1.78 bits per heavy atom. The van der Waals surface area contributed by atoms with E-state index in [0.29, 0.717) is 36.0 Å². The zero-order chi connectivity index (χ0) is 26.2. The highest BCUT2D eigenvalue weighted by Gasteiger charge is 2.41. The van der Waals surface area contributed by atoms with Gasteiger partial charge in [0.2, 0.25) is 0 Å². The Morgan fingerprint density at radius 3 is 2.46 bits per heavy atom. The van der Waals surface area contributed by atoms with E-state index in [4.69, 9.17) is 5.41 Å². The third-order valence-corrected chi connectivity index (χ3v) is 8.28. The van der Waals surface area contributed by atoms with Crippen LogP contribution < -0.4 is 0 Å². The van der Waals surface area contributed by atoms with Gasteiger partial charge in [0.25, 0.3) is 0 Å². The standard InChI is InChI=1S/C33H36F2N2/c1-21-4-6-26(7-5-21)31(36)29-12-13-33(19-34,20-35)30(29)11-10-27(25-8-9-25)16-24-15-23(3)32-28(17-24)14-22(2)18-37-32/h4-7,10-11,14-15,17-18,25,27,36H,8-9,12-13,16,19-20H2,1-3H3/b11-10+,36-31?. The van der Waals surface area contributed by atoms with Crippen molar-refractivity contribution in [3.8, 4) is 0 Å². The van der Waals surface area contributed by atoms with E-state index in [9.17, 15) is 8.78 Å². The van der Waals surface area contributed by atoms with Crippen LogP contribution in [0.4, 0.5) is 8.78 Å². The summed E-state index contributed by atoms with van der Waals surface area (Å²) in [5.74, 6) is 0.893. The first-order valence-corrected chi connectivity index (χ1v) is 13.4. The minimum Gasteiger partial charge on any atom is -0.300 e. The molecule has 1 saturated carbocycles. The number of aromatic nitrogens is 1. The number of aryl methyl sites for hydroxylation is 3. The fraction of sp³-hybridized carbons (Fsp3) is 0.394. The third kappa shape index (κ3) is 5.16. The molecule has 0 amide bonds. The van der Waals surface area contributed by atoms with Crippen molar-refractivity contribution in [3.05, 3.63) is 99.8 Å². The quantitative estimate of drug-likeness (QED) is 0.296. The van der Waals surface area contributed by atoms with Gasteiger partial charge in [0.1, 0.15) is 13.3 Å². The van der Waals surface area contributed by atoms with E-state index in [1.807, 2.05) is 43.5 Å². The van der Waals surface area contributed by atoms with Crippen LogP contribution in [0.25, 0.3) is 10.9 Å². The van der Waals surface area contributed by atoms with Gasteiger partial charge < -0.3 is 0 Å². The highest BCUT2D eigenvalue weighted by molar-refractivity contribution is 6.11. The lowest BCUT2D eigenvalue weighted by atomic mass is 9.81. The maximum absolute atomic E-state index is 14.4. The molecule has 0 bridgehead atoms. The Kier molecular flexibility index (Phi) is 7.11. The molecule has 1 aromatic heterocycles. The summed E-state index contributed by atoms with van der Waals surface area (Å²) in [6.45, 7) is 4.71. The van der Waals surface area contributed by atoms with Crippen LogP contribution in [-0.2, 0) is 6.42 Å². The second kappa shape index (κ2) is 10.3. The van der Waals surface area contributed by atoms with Crippen LogP contribution in [0.5, 0.6) is 0 Å². The minimum atomic E-state index is -1.14. The van der Waals surface area contributed by atoms with Gasteiger partial charge in [-0.1, -0.05) is 48.0 Å². The maximum Gasteiger partial charge on any atom is 0.102 e. The Morgan fingerprint density at radius 1 is 1.05 bits per heavy atom. The summed E-state index contributed by atoms with van der Waals surface area (Å²) in [5.41, 5.74) is 7.28. The van der Waals surface area contributed by atoms with Crippen molar-refractivity contribution in [1.29, 1.82) is 5.41 Å². The van der Waals surface area contributed by atoms with Gasteiger partial charge in [-0.05, 0) is 110 Å². The first kappa shape index (κ1) is 25.5. The number of rotatable bonds is 9. The van der Waals surface area contributed by atoms with Gasteiger partial charge in [-0.25, -0.2) is 0 Å². The molecule has 0 aliphatic heterocycles. The van der Waals surface area contributed by atoms with Crippen LogP contribution in [0.1, 0.15) is 53.5 Å². The van der Waals surface area contributed by atoms with Gasteiger partial charge in [0.05, 0.1) is 16.6 Å². The third-order valence-electron chi connectivity index (χ3n) is 8.28.